The lowest BCUT2D eigenvalue weighted by Crippen LogP contribution is -2.01. The van der Waals surface area contributed by atoms with E-state index in [1.54, 1.807) is 13.8 Å². The third kappa shape index (κ3) is 1.84. The van der Waals surface area contributed by atoms with Crippen LogP contribution in [0.25, 0.3) is 0 Å². The lowest BCUT2D eigenvalue weighted by Gasteiger charge is -2.13. The van der Waals surface area contributed by atoms with Crippen LogP contribution >= 0.6 is 0 Å². The number of benzene rings is 1. The molecule has 0 heterocycles. The minimum Gasteiger partial charge on any atom is -0.389 e. The van der Waals surface area contributed by atoms with E-state index in [1.807, 2.05) is 24.3 Å². The molecule has 0 spiro atoms. The molecule has 0 aliphatic rings. The molecule has 66 valence electrons. The SMILES string of the molecule is CC(O)c1ccccc1[C@H](C)O. The Morgan fingerprint density at radius 2 is 1.25 bits per heavy atom. The van der Waals surface area contributed by atoms with Gasteiger partial charge in [0.05, 0.1) is 12.2 Å². The summed E-state index contributed by atoms with van der Waals surface area (Å²) in [6.45, 7) is 3.39. The Labute approximate surface area is 72.5 Å². The molecule has 0 saturated heterocycles. The fourth-order valence-corrected chi connectivity index (χ4v) is 1.27. The van der Waals surface area contributed by atoms with E-state index >= 15 is 0 Å². The summed E-state index contributed by atoms with van der Waals surface area (Å²) in [6.07, 6.45) is -1.04. The quantitative estimate of drug-likeness (QED) is 0.703. The largest absolute Gasteiger partial charge is 0.389 e. The fourth-order valence-electron chi connectivity index (χ4n) is 1.27. The van der Waals surface area contributed by atoms with E-state index in [4.69, 9.17) is 0 Å². The van der Waals surface area contributed by atoms with Crippen LogP contribution in [0.1, 0.15) is 37.2 Å². The maximum absolute atomic E-state index is 9.34. The number of hydrogen-bond donors (Lipinski definition) is 2. The zero-order valence-electron chi connectivity index (χ0n) is 7.36. The third-order valence-electron chi connectivity index (χ3n) is 1.90. The molecule has 1 unspecified atom stereocenters. The molecule has 0 aliphatic carbocycles. The van der Waals surface area contributed by atoms with Gasteiger partial charge < -0.3 is 10.2 Å². The van der Waals surface area contributed by atoms with Gasteiger partial charge in [-0.05, 0) is 25.0 Å². The zero-order valence-corrected chi connectivity index (χ0v) is 7.36. The standard InChI is InChI=1S/C10H14O2/c1-7(11)9-5-3-4-6-10(9)8(2)12/h3-8,11-12H,1-2H3/t7-,8?/m0/s1. The molecule has 0 radical (unpaired) electrons. The van der Waals surface area contributed by atoms with E-state index < -0.39 is 12.2 Å². The van der Waals surface area contributed by atoms with Gasteiger partial charge in [-0.3, -0.25) is 0 Å². The van der Waals surface area contributed by atoms with Crippen LogP contribution in [0.4, 0.5) is 0 Å². The number of rotatable bonds is 2. The number of aliphatic hydroxyl groups is 2. The van der Waals surface area contributed by atoms with E-state index in [1.165, 1.54) is 0 Å². The van der Waals surface area contributed by atoms with E-state index in [2.05, 4.69) is 0 Å². The van der Waals surface area contributed by atoms with E-state index in [0.29, 0.717) is 0 Å². The van der Waals surface area contributed by atoms with Gasteiger partial charge in [-0.2, -0.15) is 0 Å². The first-order chi connectivity index (χ1) is 5.63. The zero-order chi connectivity index (χ0) is 9.14. The minimum absolute atomic E-state index is 0.518. The molecule has 0 bridgehead atoms. The molecule has 12 heavy (non-hydrogen) atoms. The first kappa shape index (κ1) is 9.23. The average molecular weight is 166 g/mol. The van der Waals surface area contributed by atoms with Crippen molar-refractivity contribution in [1.29, 1.82) is 0 Å². The van der Waals surface area contributed by atoms with Gasteiger partial charge in [0.1, 0.15) is 0 Å². The van der Waals surface area contributed by atoms with Crippen molar-refractivity contribution in [3.8, 4) is 0 Å². The summed E-state index contributed by atoms with van der Waals surface area (Å²) in [4.78, 5) is 0. The molecular formula is C10H14O2. The van der Waals surface area contributed by atoms with Crippen LogP contribution in [0.5, 0.6) is 0 Å². The molecule has 2 heteroatoms. The Morgan fingerprint density at radius 1 is 0.917 bits per heavy atom. The highest BCUT2D eigenvalue weighted by Crippen LogP contribution is 2.22. The highest BCUT2D eigenvalue weighted by molar-refractivity contribution is 5.30. The van der Waals surface area contributed by atoms with Gasteiger partial charge in [-0.25, -0.2) is 0 Å². The van der Waals surface area contributed by atoms with Crippen molar-refractivity contribution in [2.24, 2.45) is 0 Å². The molecular weight excluding hydrogens is 152 g/mol. The molecule has 2 nitrogen and oxygen atoms in total. The summed E-state index contributed by atoms with van der Waals surface area (Å²) in [6, 6.07) is 7.36. The van der Waals surface area contributed by atoms with Crippen LogP contribution in [-0.2, 0) is 0 Å². The lowest BCUT2D eigenvalue weighted by atomic mass is 10.00. The first-order valence-corrected chi connectivity index (χ1v) is 4.08. The second kappa shape index (κ2) is 3.70. The lowest BCUT2D eigenvalue weighted by molar-refractivity contribution is 0.175. The second-order valence-electron chi connectivity index (χ2n) is 2.98. The predicted octanol–water partition coefficient (Wildman–Crippen LogP) is 1.79. The van der Waals surface area contributed by atoms with E-state index in [9.17, 15) is 10.2 Å². The summed E-state index contributed by atoms with van der Waals surface area (Å²) in [5.74, 6) is 0. The highest BCUT2D eigenvalue weighted by atomic mass is 16.3. The van der Waals surface area contributed by atoms with E-state index in [0.717, 1.165) is 11.1 Å². The van der Waals surface area contributed by atoms with Crippen LogP contribution in [0.15, 0.2) is 24.3 Å². The predicted molar refractivity (Wildman–Crippen MR) is 47.7 cm³/mol. The molecule has 1 aromatic carbocycles. The van der Waals surface area contributed by atoms with Crippen molar-refractivity contribution in [3.05, 3.63) is 35.4 Å². The molecule has 2 N–H and O–H groups in total. The van der Waals surface area contributed by atoms with Gasteiger partial charge in [0.25, 0.3) is 0 Å². The normalized spacial score (nSPS) is 15.7. The van der Waals surface area contributed by atoms with Crippen molar-refractivity contribution < 1.29 is 10.2 Å². The highest BCUT2D eigenvalue weighted by Gasteiger charge is 2.09. The molecule has 0 saturated carbocycles. The minimum atomic E-state index is -0.518. The number of aliphatic hydroxyl groups excluding tert-OH is 2. The van der Waals surface area contributed by atoms with Crippen molar-refractivity contribution in [2.75, 3.05) is 0 Å². The molecule has 0 aliphatic heterocycles. The summed E-state index contributed by atoms with van der Waals surface area (Å²) in [5.41, 5.74) is 1.60. The van der Waals surface area contributed by atoms with Gasteiger partial charge in [0.15, 0.2) is 0 Å². The molecule has 0 fully saturated rings. The van der Waals surface area contributed by atoms with Gasteiger partial charge >= 0.3 is 0 Å². The summed E-state index contributed by atoms with van der Waals surface area (Å²) < 4.78 is 0. The average Bonchev–Trinajstić information content (AvgIpc) is 2.04. The molecule has 1 rings (SSSR count). The first-order valence-electron chi connectivity index (χ1n) is 4.08. The maximum atomic E-state index is 9.34. The van der Waals surface area contributed by atoms with Gasteiger partial charge in [-0.15, -0.1) is 0 Å². The van der Waals surface area contributed by atoms with Crippen LogP contribution < -0.4 is 0 Å². The molecule has 0 amide bonds. The fraction of sp³-hybridized carbons (Fsp3) is 0.400. The molecule has 1 aromatic rings. The van der Waals surface area contributed by atoms with E-state index in [-0.39, 0.29) is 0 Å². The van der Waals surface area contributed by atoms with Gasteiger partial charge in [0.2, 0.25) is 0 Å². The summed E-state index contributed by atoms with van der Waals surface area (Å²) in [5, 5.41) is 18.7. The van der Waals surface area contributed by atoms with Crippen LogP contribution in [0.2, 0.25) is 0 Å². The Kier molecular flexibility index (Phi) is 2.84. The van der Waals surface area contributed by atoms with Crippen LogP contribution in [0, 0.1) is 0 Å². The van der Waals surface area contributed by atoms with Gasteiger partial charge in [0, 0.05) is 0 Å². The maximum Gasteiger partial charge on any atom is 0.0765 e. The molecule has 0 aromatic heterocycles. The number of hydrogen-bond acceptors (Lipinski definition) is 2. The van der Waals surface area contributed by atoms with Crippen molar-refractivity contribution in [3.63, 3.8) is 0 Å². The summed E-state index contributed by atoms with van der Waals surface area (Å²) >= 11 is 0. The third-order valence-corrected chi connectivity index (χ3v) is 1.90. The van der Waals surface area contributed by atoms with Crippen molar-refractivity contribution in [1.82, 2.24) is 0 Å². The summed E-state index contributed by atoms with van der Waals surface area (Å²) in [7, 11) is 0. The van der Waals surface area contributed by atoms with Gasteiger partial charge in [-0.1, -0.05) is 24.3 Å². The Morgan fingerprint density at radius 3 is 1.50 bits per heavy atom. The topological polar surface area (TPSA) is 40.5 Å². The molecule has 2 atom stereocenters. The second-order valence-corrected chi connectivity index (χ2v) is 2.98. The van der Waals surface area contributed by atoms with Crippen molar-refractivity contribution in [2.45, 2.75) is 26.1 Å². The monoisotopic (exact) mass is 166 g/mol. The Bertz CT molecular complexity index is 227. The Balaban J connectivity index is 3.09. The van der Waals surface area contributed by atoms with Crippen molar-refractivity contribution >= 4 is 0 Å². The smallest absolute Gasteiger partial charge is 0.0765 e. The van der Waals surface area contributed by atoms with Crippen LogP contribution in [0.3, 0.4) is 0 Å². The van der Waals surface area contributed by atoms with Crippen LogP contribution in [-0.4, -0.2) is 10.2 Å². The Hall–Kier alpha value is -0.860.